The molecule has 1 spiro atoms. The summed E-state index contributed by atoms with van der Waals surface area (Å²) in [7, 11) is 0. The second kappa shape index (κ2) is 6.75. The topological polar surface area (TPSA) is 32.8 Å². The second-order valence-electron chi connectivity index (χ2n) is 7.87. The lowest BCUT2D eigenvalue weighted by molar-refractivity contribution is -0.138. The largest absolute Gasteiger partial charge is 0.485 e. The van der Waals surface area contributed by atoms with Crippen molar-refractivity contribution in [3.63, 3.8) is 0 Å². The quantitative estimate of drug-likeness (QED) is 0.834. The van der Waals surface area contributed by atoms with Crippen LogP contribution >= 0.6 is 0 Å². The number of piperidine rings is 1. The number of hydrogen-bond acceptors (Lipinski definition) is 3. The number of carbonyl (C=O) groups excluding carboxylic acids is 1. The molecule has 1 aromatic rings. The molecule has 1 aromatic carbocycles. The van der Waals surface area contributed by atoms with E-state index in [1.165, 1.54) is 0 Å². The van der Waals surface area contributed by atoms with Gasteiger partial charge < -0.3 is 14.5 Å². The average Bonchev–Trinajstić information content (AvgIpc) is 2.71. The molecule has 2 aliphatic rings. The number of hydrogen-bond donors (Lipinski definition) is 0. The molecular weight excluding hydrogens is 300 g/mol. The van der Waals surface area contributed by atoms with E-state index in [-0.39, 0.29) is 17.4 Å². The smallest absolute Gasteiger partial charge is 0.225 e. The monoisotopic (exact) mass is 330 g/mol. The first-order valence-corrected chi connectivity index (χ1v) is 9.20. The minimum Gasteiger partial charge on any atom is -0.485 e. The number of fused-ring (bicyclic) bond motifs is 1. The van der Waals surface area contributed by atoms with E-state index in [4.69, 9.17) is 4.74 Å². The van der Waals surface area contributed by atoms with Crippen LogP contribution in [0.1, 0.15) is 46.1 Å². The van der Waals surface area contributed by atoms with E-state index in [2.05, 4.69) is 30.9 Å². The van der Waals surface area contributed by atoms with Gasteiger partial charge in [0.1, 0.15) is 11.4 Å². The molecular formula is C20H30N2O2. The highest BCUT2D eigenvalue weighted by Crippen LogP contribution is 2.36. The van der Waals surface area contributed by atoms with Crippen molar-refractivity contribution in [2.75, 3.05) is 19.6 Å². The van der Waals surface area contributed by atoms with Gasteiger partial charge in [0.2, 0.25) is 5.91 Å². The predicted octanol–water partition coefficient (Wildman–Crippen LogP) is 3.31. The van der Waals surface area contributed by atoms with Crippen molar-refractivity contribution < 1.29 is 9.53 Å². The number of rotatable bonds is 2. The maximum Gasteiger partial charge on any atom is 0.225 e. The summed E-state index contributed by atoms with van der Waals surface area (Å²) in [5, 5.41) is 0. The molecule has 1 saturated heterocycles. The first-order chi connectivity index (χ1) is 11.4. The summed E-state index contributed by atoms with van der Waals surface area (Å²) in [4.78, 5) is 17.2. The number of nitrogens with zero attached hydrogens (tertiary/aromatic N) is 2. The van der Waals surface area contributed by atoms with Crippen molar-refractivity contribution in [1.82, 2.24) is 9.80 Å². The minimum absolute atomic E-state index is 0.0167. The Labute approximate surface area is 145 Å². The Hall–Kier alpha value is -1.55. The number of benzene rings is 1. The van der Waals surface area contributed by atoms with Gasteiger partial charge in [0.25, 0.3) is 0 Å². The molecule has 0 radical (unpaired) electrons. The van der Waals surface area contributed by atoms with E-state index in [0.29, 0.717) is 19.1 Å². The van der Waals surface area contributed by atoms with Gasteiger partial charge in [0.15, 0.2) is 0 Å². The summed E-state index contributed by atoms with van der Waals surface area (Å²) in [6.45, 7) is 11.9. The first kappa shape index (κ1) is 17.3. The molecule has 3 rings (SSSR count). The molecule has 1 amide bonds. The molecule has 24 heavy (non-hydrogen) atoms. The van der Waals surface area contributed by atoms with Crippen LogP contribution in [-0.4, -0.2) is 47.0 Å². The van der Waals surface area contributed by atoms with Crippen LogP contribution in [0.3, 0.4) is 0 Å². The van der Waals surface area contributed by atoms with E-state index in [0.717, 1.165) is 37.2 Å². The van der Waals surface area contributed by atoms with Crippen LogP contribution in [0.25, 0.3) is 0 Å². The Kier molecular flexibility index (Phi) is 4.86. The van der Waals surface area contributed by atoms with Crippen molar-refractivity contribution in [1.29, 1.82) is 0 Å². The van der Waals surface area contributed by atoms with E-state index in [1.807, 2.05) is 30.9 Å². The second-order valence-corrected chi connectivity index (χ2v) is 7.87. The highest BCUT2D eigenvalue weighted by Gasteiger charge is 2.42. The molecule has 0 atom stereocenters. The molecule has 4 heteroatoms. The molecule has 0 bridgehead atoms. The molecule has 0 aromatic heterocycles. The van der Waals surface area contributed by atoms with E-state index < -0.39 is 0 Å². The van der Waals surface area contributed by atoms with Crippen molar-refractivity contribution in [3.05, 3.63) is 29.8 Å². The number of para-hydroxylation sites is 1. The fourth-order valence-electron chi connectivity index (χ4n) is 3.84. The predicted molar refractivity (Wildman–Crippen MR) is 96.0 cm³/mol. The van der Waals surface area contributed by atoms with Gasteiger partial charge in [-0.15, -0.1) is 0 Å². The van der Waals surface area contributed by atoms with E-state index >= 15 is 0 Å². The number of likely N-dealkylation sites (tertiary alicyclic amines) is 1. The molecule has 4 nitrogen and oxygen atoms in total. The Morgan fingerprint density at radius 3 is 2.42 bits per heavy atom. The third-order valence-corrected chi connectivity index (χ3v) is 5.38. The highest BCUT2D eigenvalue weighted by atomic mass is 16.5. The molecule has 0 unspecified atom stereocenters. The van der Waals surface area contributed by atoms with Gasteiger partial charge >= 0.3 is 0 Å². The van der Waals surface area contributed by atoms with Crippen LogP contribution in [0.5, 0.6) is 5.75 Å². The maximum absolute atomic E-state index is 12.7. The Balaban J connectivity index is 1.88. The van der Waals surface area contributed by atoms with Gasteiger partial charge in [-0.05, 0) is 19.9 Å². The van der Waals surface area contributed by atoms with Crippen LogP contribution in [0, 0.1) is 5.92 Å². The van der Waals surface area contributed by atoms with Crippen LogP contribution in [-0.2, 0) is 11.3 Å². The lowest BCUT2D eigenvalue weighted by Crippen LogP contribution is -2.55. The summed E-state index contributed by atoms with van der Waals surface area (Å²) >= 11 is 0. The summed E-state index contributed by atoms with van der Waals surface area (Å²) < 4.78 is 6.55. The number of ether oxygens (including phenoxy) is 1. The number of amides is 1. The summed E-state index contributed by atoms with van der Waals surface area (Å²) in [5.41, 5.74) is 0.873. The van der Waals surface area contributed by atoms with Gasteiger partial charge in [0.05, 0.1) is 6.54 Å². The molecule has 0 N–H and O–H groups in total. The third-order valence-electron chi connectivity index (χ3n) is 5.38. The zero-order valence-corrected chi connectivity index (χ0v) is 15.4. The van der Waals surface area contributed by atoms with Gasteiger partial charge in [0, 0.05) is 50.0 Å². The highest BCUT2D eigenvalue weighted by molar-refractivity contribution is 5.78. The Bertz CT molecular complexity index is 589. The van der Waals surface area contributed by atoms with Gasteiger partial charge in [-0.1, -0.05) is 32.0 Å². The first-order valence-electron chi connectivity index (χ1n) is 9.20. The maximum atomic E-state index is 12.7. The molecule has 2 aliphatic heterocycles. The summed E-state index contributed by atoms with van der Waals surface area (Å²) in [6, 6.07) is 8.75. The van der Waals surface area contributed by atoms with Gasteiger partial charge in [-0.3, -0.25) is 4.79 Å². The Morgan fingerprint density at radius 2 is 1.79 bits per heavy atom. The van der Waals surface area contributed by atoms with Crippen molar-refractivity contribution in [2.24, 2.45) is 5.92 Å². The average molecular weight is 330 g/mol. The Morgan fingerprint density at radius 1 is 1.12 bits per heavy atom. The van der Waals surface area contributed by atoms with Crippen LogP contribution in [0.4, 0.5) is 0 Å². The van der Waals surface area contributed by atoms with Crippen LogP contribution in [0.15, 0.2) is 24.3 Å². The van der Waals surface area contributed by atoms with Gasteiger partial charge in [-0.25, -0.2) is 0 Å². The summed E-state index contributed by atoms with van der Waals surface area (Å²) in [6.07, 6.45) is 1.95. The minimum atomic E-state index is -0.247. The zero-order chi connectivity index (χ0) is 17.3. The molecule has 2 heterocycles. The molecule has 132 valence electrons. The number of carbonyl (C=O) groups is 1. The standard InChI is InChI=1S/C20H30N2O2/c1-15(2)19(23)22-13-17-7-5-6-8-18(17)24-20(14-22)9-11-21(12-10-20)16(3)4/h5-8,15-16H,9-14H2,1-4H3. The molecule has 0 aliphatic carbocycles. The normalized spacial score (nSPS) is 20.8. The van der Waals surface area contributed by atoms with Crippen LogP contribution in [0.2, 0.25) is 0 Å². The van der Waals surface area contributed by atoms with Crippen LogP contribution < -0.4 is 4.74 Å². The fraction of sp³-hybridized carbons (Fsp3) is 0.650. The van der Waals surface area contributed by atoms with Crippen molar-refractivity contribution >= 4 is 5.91 Å². The molecule has 1 fully saturated rings. The molecule has 0 saturated carbocycles. The van der Waals surface area contributed by atoms with E-state index in [1.54, 1.807) is 0 Å². The SMILES string of the molecule is CC(C)C(=O)N1Cc2ccccc2OC2(CCN(C(C)C)CC2)C1. The fourth-order valence-corrected chi connectivity index (χ4v) is 3.84. The van der Waals surface area contributed by atoms with Gasteiger partial charge in [-0.2, -0.15) is 0 Å². The lowest BCUT2D eigenvalue weighted by Gasteiger charge is -2.44. The third kappa shape index (κ3) is 3.44. The lowest BCUT2D eigenvalue weighted by atomic mass is 9.89. The van der Waals surface area contributed by atoms with Crippen molar-refractivity contribution in [2.45, 2.75) is 58.7 Å². The van der Waals surface area contributed by atoms with Crippen molar-refractivity contribution in [3.8, 4) is 5.75 Å². The zero-order valence-electron chi connectivity index (χ0n) is 15.4. The summed E-state index contributed by atoms with van der Waals surface area (Å²) in [5.74, 6) is 1.19. The van der Waals surface area contributed by atoms with E-state index in [9.17, 15) is 4.79 Å².